The van der Waals surface area contributed by atoms with Gasteiger partial charge in [0, 0.05) is 25.3 Å². The SMILES string of the molecule is CCOc1ccc(NC(=O)c2ccc(OC(F)F)cc2)cc1S(=O)(=O)N(C)C. The molecule has 0 unspecified atom stereocenters. The minimum atomic E-state index is -3.80. The van der Waals surface area contributed by atoms with E-state index in [0.29, 0.717) is 0 Å². The molecule has 28 heavy (non-hydrogen) atoms. The molecular weight excluding hydrogens is 394 g/mol. The van der Waals surface area contributed by atoms with Crippen molar-refractivity contribution in [1.82, 2.24) is 4.31 Å². The summed E-state index contributed by atoms with van der Waals surface area (Å²) in [6.07, 6.45) is 0. The van der Waals surface area contributed by atoms with Crippen molar-refractivity contribution in [2.24, 2.45) is 0 Å². The Kier molecular flexibility index (Phi) is 6.92. The van der Waals surface area contributed by atoms with E-state index in [1.807, 2.05) is 0 Å². The second kappa shape index (κ2) is 8.98. The lowest BCUT2D eigenvalue weighted by molar-refractivity contribution is -0.0498. The Morgan fingerprint density at radius 2 is 1.79 bits per heavy atom. The van der Waals surface area contributed by atoms with Gasteiger partial charge in [0.05, 0.1) is 6.61 Å². The Morgan fingerprint density at radius 1 is 1.14 bits per heavy atom. The first-order chi connectivity index (χ1) is 13.1. The number of sulfonamides is 1. The quantitative estimate of drug-likeness (QED) is 0.717. The van der Waals surface area contributed by atoms with Gasteiger partial charge in [0.1, 0.15) is 16.4 Å². The Bertz CT molecular complexity index is 931. The molecule has 0 fully saturated rings. The van der Waals surface area contributed by atoms with Crippen molar-refractivity contribution in [2.45, 2.75) is 18.4 Å². The van der Waals surface area contributed by atoms with E-state index >= 15 is 0 Å². The minimum Gasteiger partial charge on any atom is -0.492 e. The van der Waals surface area contributed by atoms with Gasteiger partial charge in [0.15, 0.2) is 0 Å². The van der Waals surface area contributed by atoms with Crippen molar-refractivity contribution < 1.29 is 31.5 Å². The van der Waals surface area contributed by atoms with E-state index in [1.54, 1.807) is 6.92 Å². The Labute approximate surface area is 161 Å². The van der Waals surface area contributed by atoms with Crippen LogP contribution in [0.3, 0.4) is 0 Å². The zero-order chi connectivity index (χ0) is 20.9. The first-order valence-corrected chi connectivity index (χ1v) is 9.64. The van der Waals surface area contributed by atoms with E-state index in [0.717, 1.165) is 4.31 Å². The topological polar surface area (TPSA) is 84.9 Å². The number of nitrogens with zero attached hydrogens (tertiary/aromatic N) is 1. The van der Waals surface area contributed by atoms with Crippen LogP contribution in [0.1, 0.15) is 17.3 Å². The van der Waals surface area contributed by atoms with Crippen LogP contribution < -0.4 is 14.8 Å². The Balaban J connectivity index is 2.27. The van der Waals surface area contributed by atoms with Crippen LogP contribution in [0.15, 0.2) is 47.4 Å². The summed E-state index contributed by atoms with van der Waals surface area (Å²) >= 11 is 0. The number of carbonyl (C=O) groups excluding carboxylic acids is 1. The molecule has 7 nitrogen and oxygen atoms in total. The molecule has 0 bridgehead atoms. The second-order valence-electron chi connectivity index (χ2n) is 5.74. The van der Waals surface area contributed by atoms with Crippen LogP contribution >= 0.6 is 0 Å². The molecular formula is C18H20F2N2O5S. The van der Waals surface area contributed by atoms with Gasteiger partial charge in [0.2, 0.25) is 10.0 Å². The van der Waals surface area contributed by atoms with E-state index in [4.69, 9.17) is 4.74 Å². The van der Waals surface area contributed by atoms with Crippen molar-refractivity contribution in [3.05, 3.63) is 48.0 Å². The number of hydrogen-bond donors (Lipinski definition) is 1. The van der Waals surface area contributed by atoms with E-state index in [9.17, 15) is 22.0 Å². The maximum Gasteiger partial charge on any atom is 0.387 e. The number of nitrogens with one attached hydrogen (secondary N) is 1. The summed E-state index contributed by atoms with van der Waals surface area (Å²) in [5.74, 6) is -0.448. The summed E-state index contributed by atoms with van der Waals surface area (Å²) in [6, 6.07) is 9.37. The molecule has 0 aliphatic carbocycles. The molecule has 0 radical (unpaired) electrons. The summed E-state index contributed by atoms with van der Waals surface area (Å²) in [6.45, 7) is -0.960. The molecule has 0 aliphatic heterocycles. The molecule has 0 saturated carbocycles. The van der Waals surface area contributed by atoms with Gasteiger partial charge in [-0.1, -0.05) is 0 Å². The lowest BCUT2D eigenvalue weighted by atomic mass is 10.2. The van der Waals surface area contributed by atoms with Crippen LogP contribution in [-0.4, -0.2) is 45.9 Å². The van der Waals surface area contributed by atoms with Crippen molar-refractivity contribution in [1.29, 1.82) is 0 Å². The molecule has 0 aliphatic rings. The molecule has 152 valence electrons. The number of hydrogen-bond acceptors (Lipinski definition) is 5. The highest BCUT2D eigenvalue weighted by Crippen LogP contribution is 2.29. The maximum atomic E-state index is 12.5. The predicted molar refractivity (Wildman–Crippen MR) is 99.5 cm³/mol. The molecule has 2 aromatic carbocycles. The summed E-state index contributed by atoms with van der Waals surface area (Å²) in [4.78, 5) is 12.3. The average Bonchev–Trinajstić information content (AvgIpc) is 2.63. The van der Waals surface area contributed by atoms with Gasteiger partial charge in [0.25, 0.3) is 5.91 Å². The lowest BCUT2D eigenvalue weighted by Crippen LogP contribution is -2.23. The predicted octanol–water partition coefficient (Wildman–Crippen LogP) is 3.19. The first kappa shape index (κ1) is 21.6. The standard InChI is InChI=1S/C18H20F2N2O5S/c1-4-26-15-10-7-13(11-16(15)28(24,25)22(2)3)21-17(23)12-5-8-14(9-6-12)27-18(19)20/h5-11,18H,4H2,1-3H3,(H,21,23). The fraction of sp³-hybridized carbons (Fsp3) is 0.278. The molecule has 2 aromatic rings. The molecule has 0 aromatic heterocycles. The average molecular weight is 414 g/mol. The fourth-order valence-corrected chi connectivity index (χ4v) is 3.30. The highest BCUT2D eigenvalue weighted by molar-refractivity contribution is 7.89. The number of amides is 1. The van der Waals surface area contributed by atoms with Crippen LogP contribution in [0.5, 0.6) is 11.5 Å². The van der Waals surface area contributed by atoms with Crippen LogP contribution in [-0.2, 0) is 10.0 Å². The zero-order valence-corrected chi connectivity index (χ0v) is 16.3. The van der Waals surface area contributed by atoms with Gasteiger partial charge in [-0.3, -0.25) is 4.79 Å². The fourth-order valence-electron chi connectivity index (χ4n) is 2.25. The summed E-state index contributed by atoms with van der Waals surface area (Å²) in [5, 5.41) is 2.57. The van der Waals surface area contributed by atoms with Gasteiger partial charge >= 0.3 is 6.61 Å². The normalized spacial score (nSPS) is 11.5. The third-order valence-corrected chi connectivity index (χ3v) is 5.44. The smallest absolute Gasteiger partial charge is 0.387 e. The number of halogens is 2. The van der Waals surface area contributed by atoms with Gasteiger partial charge in [-0.15, -0.1) is 0 Å². The molecule has 10 heteroatoms. The third-order valence-electron chi connectivity index (χ3n) is 3.60. The number of ether oxygens (including phenoxy) is 2. The van der Waals surface area contributed by atoms with Crippen LogP contribution in [0.4, 0.5) is 14.5 Å². The summed E-state index contributed by atoms with van der Waals surface area (Å²) in [5.41, 5.74) is 0.425. The second-order valence-corrected chi connectivity index (χ2v) is 7.86. The zero-order valence-electron chi connectivity index (χ0n) is 15.5. The van der Waals surface area contributed by atoms with Crippen molar-refractivity contribution in [3.63, 3.8) is 0 Å². The van der Waals surface area contributed by atoms with Gasteiger partial charge in [-0.05, 0) is 49.4 Å². The van der Waals surface area contributed by atoms with E-state index < -0.39 is 22.5 Å². The van der Waals surface area contributed by atoms with E-state index in [1.165, 1.54) is 56.6 Å². The van der Waals surface area contributed by atoms with Crippen LogP contribution in [0.2, 0.25) is 0 Å². The van der Waals surface area contributed by atoms with Gasteiger partial charge < -0.3 is 14.8 Å². The monoisotopic (exact) mass is 414 g/mol. The molecule has 2 rings (SSSR count). The molecule has 1 amide bonds. The van der Waals surface area contributed by atoms with Crippen LogP contribution in [0.25, 0.3) is 0 Å². The van der Waals surface area contributed by atoms with Crippen molar-refractivity contribution >= 4 is 21.6 Å². The number of anilines is 1. The molecule has 0 spiro atoms. The number of alkyl halides is 2. The minimum absolute atomic E-state index is 0.0769. The number of carbonyl (C=O) groups is 1. The number of benzene rings is 2. The number of rotatable bonds is 8. The summed E-state index contributed by atoms with van der Waals surface area (Å²) in [7, 11) is -1.02. The maximum absolute atomic E-state index is 12.5. The highest BCUT2D eigenvalue weighted by atomic mass is 32.2. The first-order valence-electron chi connectivity index (χ1n) is 8.20. The largest absolute Gasteiger partial charge is 0.492 e. The molecule has 0 heterocycles. The van der Waals surface area contributed by atoms with Gasteiger partial charge in [-0.25, -0.2) is 12.7 Å². The van der Waals surface area contributed by atoms with Crippen molar-refractivity contribution in [3.8, 4) is 11.5 Å². The van der Waals surface area contributed by atoms with E-state index in [2.05, 4.69) is 10.1 Å². The van der Waals surface area contributed by atoms with Gasteiger partial charge in [-0.2, -0.15) is 8.78 Å². The molecule has 0 saturated heterocycles. The van der Waals surface area contributed by atoms with E-state index in [-0.39, 0.29) is 34.3 Å². The third kappa shape index (κ3) is 5.17. The molecule has 1 N–H and O–H groups in total. The Morgan fingerprint density at radius 3 is 2.32 bits per heavy atom. The van der Waals surface area contributed by atoms with Crippen molar-refractivity contribution in [2.75, 3.05) is 26.0 Å². The Hall–Kier alpha value is -2.72. The highest BCUT2D eigenvalue weighted by Gasteiger charge is 2.23. The lowest BCUT2D eigenvalue weighted by Gasteiger charge is -2.16. The van der Waals surface area contributed by atoms with Crippen LogP contribution in [0, 0.1) is 0 Å². The molecule has 0 atom stereocenters. The summed E-state index contributed by atoms with van der Waals surface area (Å²) < 4.78 is 60.0.